The predicted octanol–water partition coefficient (Wildman–Crippen LogP) is 2.84. The minimum atomic E-state index is 0. The average Bonchev–Trinajstić information content (AvgIpc) is 0.918. The maximum absolute atomic E-state index is 3.19. The van der Waals surface area contributed by atoms with Gasteiger partial charge in [0.25, 0.3) is 0 Å². The molecule has 0 aromatic heterocycles. The zero-order valence-electron chi connectivity index (χ0n) is 2.07. The molecule has 0 radical (unpaired) electrons. The Morgan fingerprint density at radius 2 is 1.00 bits per heavy atom. The van der Waals surface area contributed by atoms with Gasteiger partial charge in [0.2, 0.25) is 0 Å². The first-order valence-corrected chi connectivity index (χ1v) is 8.10. The molecule has 0 spiro atoms. The Morgan fingerprint density at radius 3 is 1.00 bits per heavy atom. The normalized spacial score (nSPS) is 2.80. The van der Waals surface area contributed by atoms with Gasteiger partial charge in [0, 0.05) is 0 Å². The van der Waals surface area contributed by atoms with Crippen LogP contribution in [0.25, 0.3) is 0 Å². The van der Waals surface area contributed by atoms with Gasteiger partial charge < -0.3 is 0 Å². The molecule has 0 aromatic carbocycles. The number of rotatable bonds is 0. The molecule has 0 aromatic rings. The second-order valence-electron chi connectivity index (χ2n) is 0.0714. The summed E-state index contributed by atoms with van der Waals surface area (Å²) in [6.45, 7) is 0. The molecular formula is H2Br4Ti. The van der Waals surface area contributed by atoms with Crippen molar-refractivity contribution in [3.05, 3.63) is 0 Å². The van der Waals surface area contributed by atoms with Gasteiger partial charge in [-0.3, -0.25) is 0 Å². The fourth-order valence-electron chi connectivity index (χ4n) is 0. The van der Waals surface area contributed by atoms with E-state index in [4.69, 9.17) is 0 Å². The average molecular weight is 369 g/mol. The van der Waals surface area contributed by atoms with E-state index in [9.17, 15) is 0 Å². The third kappa shape index (κ3) is 20.5. The summed E-state index contributed by atoms with van der Waals surface area (Å²) in [4.78, 5) is 0. The van der Waals surface area contributed by atoms with Gasteiger partial charge >= 0.3 is 41.3 Å². The molecule has 0 aliphatic heterocycles. The van der Waals surface area contributed by atoms with Crippen molar-refractivity contribution >= 4 is 60.3 Å². The Bertz CT molecular complexity index is 3.61. The monoisotopic (exact) mass is 366 g/mol. The van der Waals surface area contributed by atoms with Crippen LogP contribution in [-0.2, 0) is 15.0 Å². The zero-order chi connectivity index (χ0) is 2.71. The molecule has 0 atom stereocenters. The number of hydrogen-bond acceptors (Lipinski definition) is 0. The summed E-state index contributed by atoms with van der Waals surface area (Å²) in [5, 5.41) is 0. The zero-order valence-corrected chi connectivity index (χ0v) is 10.2. The summed E-state index contributed by atoms with van der Waals surface area (Å²) >= 11 is 6.50. The van der Waals surface area contributed by atoms with Gasteiger partial charge in [0.05, 0.1) is 0 Å². The van der Waals surface area contributed by atoms with Crippen LogP contribution in [0.4, 0.5) is 0 Å². The van der Waals surface area contributed by atoms with Crippen LogP contribution in [-0.4, -0.2) is 0 Å². The molecule has 0 unspecified atom stereocenters. The second-order valence-corrected chi connectivity index (χ2v) is 7.95. The first-order chi connectivity index (χ1) is 1.41. The first kappa shape index (κ1) is 15.6. The second kappa shape index (κ2) is 15.9. The van der Waals surface area contributed by atoms with Crippen molar-refractivity contribution in [2.24, 2.45) is 0 Å². The molecule has 0 bridgehead atoms. The van der Waals surface area contributed by atoms with Crippen LogP contribution in [0.15, 0.2) is 0 Å². The van der Waals surface area contributed by atoms with E-state index >= 15 is 0 Å². The van der Waals surface area contributed by atoms with Gasteiger partial charge in [0.1, 0.15) is 0 Å². The molecule has 5 heavy (non-hydrogen) atoms. The number of hydrogen-bond donors (Lipinski definition) is 0. The fraction of sp³-hybridized carbons (Fsp3) is 0. The summed E-state index contributed by atoms with van der Waals surface area (Å²) < 4.78 is 0. The maximum atomic E-state index is 3.19. The van der Waals surface area contributed by atoms with Crippen LogP contribution in [0.2, 0.25) is 0 Å². The van der Waals surface area contributed by atoms with Gasteiger partial charge in [-0.2, -0.15) is 0 Å². The standard InChI is InChI=1S/4BrH.Ti/h4*1H;/q;;;;+2/p-2. The fourth-order valence-corrected chi connectivity index (χ4v) is 0. The van der Waals surface area contributed by atoms with Gasteiger partial charge in [-0.15, -0.1) is 34.0 Å². The molecule has 0 aliphatic carbocycles. The molecule has 0 aliphatic rings. The van der Waals surface area contributed by atoms with E-state index in [0.29, 0.717) is 0 Å². The molecular weight excluding hydrogens is 367 g/mol. The summed E-state index contributed by atoms with van der Waals surface area (Å²) in [7, 11) is 0. The Kier molecular flexibility index (Phi) is 49.9. The first-order valence-electron chi connectivity index (χ1n) is 0.378. The van der Waals surface area contributed by atoms with Gasteiger partial charge in [-0.1, -0.05) is 0 Å². The summed E-state index contributed by atoms with van der Waals surface area (Å²) in [5.41, 5.74) is 0. The van der Waals surface area contributed by atoms with Crippen molar-refractivity contribution in [1.29, 1.82) is 0 Å². The molecule has 0 nitrogen and oxygen atoms in total. The van der Waals surface area contributed by atoms with Crippen molar-refractivity contribution in [2.75, 3.05) is 0 Å². The van der Waals surface area contributed by atoms with E-state index in [-0.39, 0.29) is 48.9 Å². The van der Waals surface area contributed by atoms with E-state index < -0.39 is 0 Å². The van der Waals surface area contributed by atoms with E-state index in [1.165, 1.54) is 0 Å². The third-order valence-corrected chi connectivity index (χ3v) is 0. The van der Waals surface area contributed by atoms with Crippen LogP contribution >= 0.6 is 60.3 Å². The summed E-state index contributed by atoms with van der Waals surface area (Å²) in [6.07, 6.45) is 0. The molecule has 0 N–H and O–H groups in total. The topological polar surface area (TPSA) is 0 Å². The molecule has 0 amide bonds. The van der Waals surface area contributed by atoms with E-state index in [1.807, 2.05) is 0 Å². The van der Waals surface area contributed by atoms with Gasteiger partial charge in [0.15, 0.2) is 0 Å². The van der Waals surface area contributed by atoms with Crippen LogP contribution < -0.4 is 0 Å². The van der Waals surface area contributed by atoms with Crippen molar-refractivity contribution in [3.63, 3.8) is 0 Å². The van der Waals surface area contributed by atoms with Crippen molar-refractivity contribution in [3.8, 4) is 0 Å². The molecule has 0 saturated carbocycles. The predicted molar refractivity (Wildman–Crippen MR) is 38.5 cm³/mol. The Balaban J connectivity index is -0.0000000200. The van der Waals surface area contributed by atoms with Crippen molar-refractivity contribution < 1.29 is 15.0 Å². The quantitative estimate of drug-likeness (QED) is 0.576. The Morgan fingerprint density at radius 1 is 1.00 bits per heavy atom. The Hall–Kier alpha value is 2.63. The molecule has 0 rings (SSSR count). The Labute approximate surface area is 74.0 Å². The SMILES string of the molecule is Br.Br.[Br][Ti][Br]. The van der Waals surface area contributed by atoms with E-state index in [1.54, 1.807) is 0 Å². The summed E-state index contributed by atoms with van der Waals surface area (Å²) in [5.74, 6) is 0. The molecule has 0 saturated heterocycles. The van der Waals surface area contributed by atoms with E-state index in [2.05, 4.69) is 26.3 Å². The summed E-state index contributed by atoms with van der Waals surface area (Å²) in [6, 6.07) is 0. The van der Waals surface area contributed by atoms with Crippen LogP contribution in [0.3, 0.4) is 0 Å². The minimum absolute atomic E-state index is 0. The van der Waals surface area contributed by atoms with Gasteiger partial charge in [-0.05, 0) is 0 Å². The molecule has 34 valence electrons. The third-order valence-electron chi connectivity index (χ3n) is 0. The van der Waals surface area contributed by atoms with Crippen molar-refractivity contribution in [1.82, 2.24) is 0 Å². The molecule has 0 fully saturated rings. The van der Waals surface area contributed by atoms with Gasteiger partial charge in [-0.25, -0.2) is 0 Å². The number of halogens is 4. The van der Waals surface area contributed by atoms with E-state index in [0.717, 1.165) is 0 Å². The van der Waals surface area contributed by atoms with Crippen molar-refractivity contribution in [2.45, 2.75) is 0 Å². The molecule has 5 heteroatoms. The van der Waals surface area contributed by atoms with Crippen LogP contribution in [0, 0.1) is 0 Å². The van der Waals surface area contributed by atoms with Crippen LogP contribution in [0.5, 0.6) is 0 Å². The van der Waals surface area contributed by atoms with Crippen LogP contribution in [0.1, 0.15) is 0 Å². The molecule has 0 heterocycles.